The summed E-state index contributed by atoms with van der Waals surface area (Å²) in [6, 6.07) is 2.03. The van der Waals surface area contributed by atoms with Crippen molar-refractivity contribution in [2.24, 2.45) is 13.0 Å². The predicted molar refractivity (Wildman–Crippen MR) is 56.6 cm³/mol. The van der Waals surface area contributed by atoms with Crippen molar-refractivity contribution in [3.05, 3.63) is 17.5 Å². The highest BCUT2D eigenvalue weighted by molar-refractivity contribution is 5.09. The highest BCUT2D eigenvalue weighted by Crippen LogP contribution is 2.19. The zero-order valence-corrected chi connectivity index (χ0v) is 9.31. The molecule has 1 aromatic rings. The van der Waals surface area contributed by atoms with Crippen LogP contribution < -0.4 is 0 Å². The number of ether oxygens (including phenoxy) is 1. The molecule has 2 atom stereocenters. The molecule has 1 saturated heterocycles. The highest BCUT2D eigenvalue weighted by Gasteiger charge is 2.24. The standard InChI is InChI=1S/C11H18N2O2/c1-8-5-10(13(2)12-8)6-11(14)9-3-4-15-7-9/h5,9,11,14H,3-4,6-7H2,1-2H3. The first-order chi connectivity index (χ1) is 7.16. The number of nitrogens with zero attached hydrogens (tertiary/aromatic N) is 2. The molecule has 1 aliphatic rings. The zero-order valence-electron chi connectivity index (χ0n) is 9.31. The van der Waals surface area contributed by atoms with Crippen LogP contribution in [0.4, 0.5) is 0 Å². The van der Waals surface area contributed by atoms with Crippen LogP contribution in [-0.4, -0.2) is 34.2 Å². The second-order valence-electron chi connectivity index (χ2n) is 4.30. The number of rotatable bonds is 3. The third-order valence-electron chi connectivity index (χ3n) is 3.03. The zero-order chi connectivity index (χ0) is 10.8. The molecular formula is C11H18N2O2. The van der Waals surface area contributed by atoms with Crippen LogP contribution in [0.1, 0.15) is 17.8 Å². The molecule has 2 heterocycles. The number of aryl methyl sites for hydroxylation is 2. The van der Waals surface area contributed by atoms with E-state index < -0.39 is 0 Å². The third-order valence-corrected chi connectivity index (χ3v) is 3.03. The van der Waals surface area contributed by atoms with Crippen molar-refractivity contribution in [2.45, 2.75) is 25.9 Å². The summed E-state index contributed by atoms with van der Waals surface area (Å²) in [5, 5.41) is 14.3. The van der Waals surface area contributed by atoms with Crippen LogP contribution in [0, 0.1) is 12.8 Å². The van der Waals surface area contributed by atoms with Crippen molar-refractivity contribution >= 4 is 0 Å². The van der Waals surface area contributed by atoms with Crippen LogP contribution >= 0.6 is 0 Å². The van der Waals surface area contributed by atoms with Gasteiger partial charge in [0.2, 0.25) is 0 Å². The Morgan fingerprint density at radius 1 is 1.73 bits per heavy atom. The van der Waals surface area contributed by atoms with Crippen molar-refractivity contribution in [1.82, 2.24) is 9.78 Å². The summed E-state index contributed by atoms with van der Waals surface area (Å²) >= 11 is 0. The molecule has 0 aromatic carbocycles. The van der Waals surface area contributed by atoms with E-state index in [1.54, 1.807) is 0 Å². The minimum atomic E-state index is -0.303. The normalized spacial score (nSPS) is 23.3. The Morgan fingerprint density at radius 3 is 3.07 bits per heavy atom. The van der Waals surface area contributed by atoms with Crippen LogP contribution in [0.3, 0.4) is 0 Å². The van der Waals surface area contributed by atoms with Gasteiger partial charge in [-0.3, -0.25) is 4.68 Å². The Hall–Kier alpha value is -0.870. The summed E-state index contributed by atoms with van der Waals surface area (Å²) in [5.41, 5.74) is 2.09. The quantitative estimate of drug-likeness (QED) is 0.797. The van der Waals surface area contributed by atoms with Gasteiger partial charge in [-0.2, -0.15) is 5.10 Å². The fourth-order valence-corrected chi connectivity index (χ4v) is 2.09. The van der Waals surface area contributed by atoms with E-state index in [1.807, 2.05) is 24.7 Å². The van der Waals surface area contributed by atoms with Gasteiger partial charge in [-0.1, -0.05) is 0 Å². The Kier molecular flexibility index (Phi) is 3.07. The molecule has 0 amide bonds. The van der Waals surface area contributed by atoms with Gasteiger partial charge in [0.05, 0.1) is 18.4 Å². The summed E-state index contributed by atoms with van der Waals surface area (Å²) in [4.78, 5) is 0. The Balaban J connectivity index is 1.98. The van der Waals surface area contributed by atoms with Gasteiger partial charge in [0.15, 0.2) is 0 Å². The molecule has 0 bridgehead atoms. The molecule has 0 saturated carbocycles. The summed E-state index contributed by atoms with van der Waals surface area (Å²) in [6.45, 7) is 3.44. The molecule has 1 N–H and O–H groups in total. The maximum Gasteiger partial charge on any atom is 0.0646 e. The van der Waals surface area contributed by atoms with Gasteiger partial charge in [-0.05, 0) is 19.4 Å². The minimum absolute atomic E-state index is 0.292. The average Bonchev–Trinajstić information content (AvgIpc) is 2.76. The first-order valence-electron chi connectivity index (χ1n) is 5.42. The lowest BCUT2D eigenvalue weighted by Crippen LogP contribution is -2.24. The first kappa shape index (κ1) is 10.6. The van der Waals surface area contributed by atoms with Gasteiger partial charge in [-0.25, -0.2) is 0 Å². The van der Waals surface area contributed by atoms with E-state index in [1.165, 1.54) is 0 Å². The molecular weight excluding hydrogens is 192 g/mol. The molecule has 84 valence electrons. The van der Waals surface area contributed by atoms with Gasteiger partial charge >= 0.3 is 0 Å². The van der Waals surface area contributed by atoms with Crippen molar-refractivity contribution in [1.29, 1.82) is 0 Å². The van der Waals surface area contributed by atoms with Crippen LogP contribution in [0.15, 0.2) is 6.07 Å². The second kappa shape index (κ2) is 4.33. The highest BCUT2D eigenvalue weighted by atomic mass is 16.5. The smallest absolute Gasteiger partial charge is 0.0646 e. The lowest BCUT2D eigenvalue weighted by Gasteiger charge is -2.15. The Labute approximate surface area is 89.9 Å². The molecule has 2 unspecified atom stereocenters. The second-order valence-corrected chi connectivity index (χ2v) is 4.30. The largest absolute Gasteiger partial charge is 0.392 e. The van der Waals surface area contributed by atoms with E-state index in [2.05, 4.69) is 5.10 Å². The molecule has 1 aromatic heterocycles. The average molecular weight is 210 g/mol. The monoisotopic (exact) mass is 210 g/mol. The topological polar surface area (TPSA) is 47.3 Å². The summed E-state index contributed by atoms with van der Waals surface area (Å²) in [6.07, 6.45) is 1.34. The number of hydrogen-bond donors (Lipinski definition) is 1. The number of hydrogen-bond acceptors (Lipinski definition) is 3. The van der Waals surface area contributed by atoms with Gasteiger partial charge in [0.25, 0.3) is 0 Å². The predicted octanol–water partition coefficient (Wildman–Crippen LogP) is 0.668. The molecule has 1 fully saturated rings. The van der Waals surface area contributed by atoms with Crippen LogP contribution in [0.25, 0.3) is 0 Å². The van der Waals surface area contributed by atoms with E-state index in [0.717, 1.165) is 24.4 Å². The van der Waals surface area contributed by atoms with Gasteiger partial charge in [-0.15, -0.1) is 0 Å². The van der Waals surface area contributed by atoms with E-state index >= 15 is 0 Å². The van der Waals surface area contributed by atoms with Gasteiger partial charge < -0.3 is 9.84 Å². The Morgan fingerprint density at radius 2 is 2.53 bits per heavy atom. The fourth-order valence-electron chi connectivity index (χ4n) is 2.09. The summed E-state index contributed by atoms with van der Waals surface area (Å²) < 4.78 is 7.11. The number of aromatic nitrogens is 2. The van der Waals surface area contributed by atoms with Gasteiger partial charge in [0, 0.05) is 31.7 Å². The molecule has 4 nitrogen and oxygen atoms in total. The lowest BCUT2D eigenvalue weighted by atomic mass is 9.98. The Bertz CT molecular complexity index is 329. The van der Waals surface area contributed by atoms with Gasteiger partial charge in [0.1, 0.15) is 0 Å². The lowest BCUT2D eigenvalue weighted by molar-refractivity contribution is 0.0904. The number of aliphatic hydroxyl groups is 1. The SMILES string of the molecule is Cc1cc(CC(O)C2CCOC2)n(C)n1. The third kappa shape index (κ3) is 2.38. The maximum atomic E-state index is 10.0. The van der Waals surface area contributed by atoms with Crippen molar-refractivity contribution in [3.63, 3.8) is 0 Å². The van der Waals surface area contributed by atoms with Crippen LogP contribution in [0.5, 0.6) is 0 Å². The van der Waals surface area contributed by atoms with Crippen molar-refractivity contribution in [3.8, 4) is 0 Å². The molecule has 15 heavy (non-hydrogen) atoms. The fraction of sp³-hybridized carbons (Fsp3) is 0.727. The first-order valence-corrected chi connectivity index (χ1v) is 5.42. The van der Waals surface area contributed by atoms with Crippen LogP contribution in [-0.2, 0) is 18.2 Å². The summed E-state index contributed by atoms with van der Waals surface area (Å²) in [5.74, 6) is 0.292. The van der Waals surface area contributed by atoms with E-state index in [-0.39, 0.29) is 6.10 Å². The minimum Gasteiger partial charge on any atom is -0.392 e. The van der Waals surface area contributed by atoms with Crippen molar-refractivity contribution < 1.29 is 9.84 Å². The van der Waals surface area contributed by atoms with E-state index in [0.29, 0.717) is 18.9 Å². The molecule has 0 spiro atoms. The van der Waals surface area contributed by atoms with Crippen molar-refractivity contribution in [2.75, 3.05) is 13.2 Å². The number of aliphatic hydroxyl groups excluding tert-OH is 1. The molecule has 1 aliphatic heterocycles. The molecule has 0 radical (unpaired) electrons. The maximum absolute atomic E-state index is 10.0. The molecule has 0 aliphatic carbocycles. The summed E-state index contributed by atoms with van der Waals surface area (Å²) in [7, 11) is 1.92. The van der Waals surface area contributed by atoms with E-state index in [4.69, 9.17) is 4.74 Å². The molecule has 4 heteroatoms. The van der Waals surface area contributed by atoms with Crippen LogP contribution in [0.2, 0.25) is 0 Å². The molecule has 2 rings (SSSR count). The van der Waals surface area contributed by atoms with E-state index in [9.17, 15) is 5.11 Å².